The Hall–Kier alpha value is -2.15. The maximum absolute atomic E-state index is 4.53. The highest BCUT2D eigenvalue weighted by Gasteiger charge is 2.08. The molecule has 0 saturated carbocycles. The molecule has 0 saturated heterocycles. The number of nitrogens with zero attached hydrogens (tertiary/aromatic N) is 4. The summed E-state index contributed by atoms with van der Waals surface area (Å²) in [7, 11) is 0. The van der Waals surface area contributed by atoms with Crippen LogP contribution in [-0.4, -0.2) is 32.8 Å². The first kappa shape index (κ1) is 12.9. The van der Waals surface area contributed by atoms with Gasteiger partial charge in [-0.05, 0) is 24.4 Å². The number of hydrogen-bond acceptors (Lipinski definition) is 6. The van der Waals surface area contributed by atoms with Crippen LogP contribution >= 0.6 is 11.3 Å². The quantitative estimate of drug-likeness (QED) is 0.729. The van der Waals surface area contributed by atoms with Crippen molar-refractivity contribution in [3.8, 4) is 0 Å². The molecule has 0 fully saturated rings. The van der Waals surface area contributed by atoms with Crippen LogP contribution in [0.15, 0.2) is 29.9 Å². The Kier molecular flexibility index (Phi) is 3.78. The summed E-state index contributed by atoms with van der Waals surface area (Å²) < 4.78 is 1.89. The number of rotatable bonds is 6. The summed E-state index contributed by atoms with van der Waals surface area (Å²) >= 11 is 1.62. The van der Waals surface area contributed by atoms with Crippen LogP contribution in [0.5, 0.6) is 0 Å². The molecule has 104 valence electrons. The largest absolute Gasteiger partial charge is 0.368 e. The van der Waals surface area contributed by atoms with Crippen LogP contribution in [0.4, 0.5) is 11.8 Å². The zero-order valence-corrected chi connectivity index (χ0v) is 12.0. The fourth-order valence-electron chi connectivity index (χ4n) is 1.95. The van der Waals surface area contributed by atoms with Gasteiger partial charge in [-0.1, -0.05) is 0 Å². The van der Waals surface area contributed by atoms with Crippen LogP contribution in [0.3, 0.4) is 0 Å². The van der Waals surface area contributed by atoms with Crippen molar-refractivity contribution in [3.63, 3.8) is 0 Å². The molecule has 7 heteroatoms. The summed E-state index contributed by atoms with van der Waals surface area (Å²) in [4.78, 5) is 10.0. The van der Waals surface area contributed by atoms with Gasteiger partial charge in [0.25, 0.3) is 0 Å². The molecule has 3 heterocycles. The first-order valence-electron chi connectivity index (χ1n) is 6.57. The van der Waals surface area contributed by atoms with E-state index in [4.69, 9.17) is 0 Å². The third-order valence-electron chi connectivity index (χ3n) is 2.85. The van der Waals surface area contributed by atoms with E-state index in [-0.39, 0.29) is 0 Å². The minimum atomic E-state index is 0.670. The average molecular weight is 288 g/mol. The molecule has 3 rings (SSSR count). The van der Waals surface area contributed by atoms with E-state index in [1.807, 2.05) is 35.3 Å². The molecule has 2 N–H and O–H groups in total. The second kappa shape index (κ2) is 5.87. The Bertz CT molecular complexity index is 675. The van der Waals surface area contributed by atoms with Crippen LogP contribution in [0.25, 0.3) is 10.2 Å². The van der Waals surface area contributed by atoms with Crippen LogP contribution in [0, 0.1) is 0 Å². The van der Waals surface area contributed by atoms with Gasteiger partial charge >= 0.3 is 0 Å². The number of nitrogens with one attached hydrogen (secondary N) is 2. The molecule has 0 unspecified atom stereocenters. The van der Waals surface area contributed by atoms with Crippen LogP contribution in [-0.2, 0) is 6.54 Å². The molecular formula is C13H16N6S. The maximum Gasteiger partial charge on any atom is 0.226 e. The van der Waals surface area contributed by atoms with Gasteiger partial charge in [-0.2, -0.15) is 10.1 Å². The van der Waals surface area contributed by atoms with Gasteiger partial charge in [0.05, 0.1) is 11.9 Å². The van der Waals surface area contributed by atoms with E-state index < -0.39 is 0 Å². The highest BCUT2D eigenvalue weighted by molar-refractivity contribution is 7.16. The summed E-state index contributed by atoms with van der Waals surface area (Å²) in [6.07, 6.45) is 3.73. The zero-order chi connectivity index (χ0) is 13.8. The molecular weight excluding hydrogens is 272 g/mol. The fourth-order valence-corrected chi connectivity index (χ4v) is 2.71. The van der Waals surface area contributed by atoms with E-state index >= 15 is 0 Å². The van der Waals surface area contributed by atoms with Gasteiger partial charge in [-0.25, -0.2) is 4.98 Å². The summed E-state index contributed by atoms with van der Waals surface area (Å²) in [5.41, 5.74) is 0. The average Bonchev–Trinajstić information content (AvgIpc) is 3.09. The molecule has 20 heavy (non-hydrogen) atoms. The molecule has 0 aliphatic carbocycles. The summed E-state index contributed by atoms with van der Waals surface area (Å²) in [6, 6.07) is 3.97. The van der Waals surface area contributed by atoms with E-state index in [9.17, 15) is 0 Å². The number of hydrogen-bond donors (Lipinski definition) is 2. The monoisotopic (exact) mass is 288 g/mol. The topological polar surface area (TPSA) is 67.7 Å². The third kappa shape index (κ3) is 2.72. The fraction of sp³-hybridized carbons (Fsp3) is 0.308. The molecule has 0 atom stereocenters. The zero-order valence-electron chi connectivity index (χ0n) is 11.2. The molecule has 0 aliphatic rings. The minimum absolute atomic E-state index is 0.670. The van der Waals surface area contributed by atoms with Crippen molar-refractivity contribution in [1.82, 2.24) is 19.7 Å². The first-order chi connectivity index (χ1) is 9.86. The van der Waals surface area contributed by atoms with Gasteiger partial charge < -0.3 is 10.6 Å². The van der Waals surface area contributed by atoms with Crippen molar-refractivity contribution in [1.29, 1.82) is 0 Å². The van der Waals surface area contributed by atoms with Crippen molar-refractivity contribution in [2.45, 2.75) is 13.5 Å². The van der Waals surface area contributed by atoms with Crippen molar-refractivity contribution in [2.24, 2.45) is 0 Å². The number of anilines is 2. The Balaban J connectivity index is 1.76. The predicted molar refractivity (Wildman–Crippen MR) is 82.3 cm³/mol. The first-order valence-corrected chi connectivity index (χ1v) is 7.45. The molecule has 3 aromatic heterocycles. The van der Waals surface area contributed by atoms with Crippen LogP contribution < -0.4 is 10.6 Å². The van der Waals surface area contributed by atoms with Gasteiger partial charge in [0.15, 0.2) is 0 Å². The van der Waals surface area contributed by atoms with E-state index in [0.717, 1.165) is 35.7 Å². The van der Waals surface area contributed by atoms with Crippen molar-refractivity contribution in [3.05, 3.63) is 29.9 Å². The summed E-state index contributed by atoms with van der Waals surface area (Å²) in [6.45, 7) is 4.42. The Morgan fingerprint density at radius 3 is 3.05 bits per heavy atom. The van der Waals surface area contributed by atoms with Gasteiger partial charge in [0.1, 0.15) is 10.6 Å². The summed E-state index contributed by atoms with van der Waals surface area (Å²) in [5, 5.41) is 13.8. The molecule has 6 nitrogen and oxygen atoms in total. The Morgan fingerprint density at radius 2 is 2.25 bits per heavy atom. The molecule has 0 aliphatic heterocycles. The van der Waals surface area contributed by atoms with E-state index in [2.05, 4.69) is 25.7 Å². The third-order valence-corrected chi connectivity index (χ3v) is 3.66. The second-order valence-electron chi connectivity index (χ2n) is 4.26. The van der Waals surface area contributed by atoms with Gasteiger partial charge in [0, 0.05) is 25.5 Å². The molecule has 3 aromatic rings. The lowest BCUT2D eigenvalue weighted by molar-refractivity contribution is 0.637. The van der Waals surface area contributed by atoms with E-state index in [1.54, 1.807) is 17.5 Å². The van der Waals surface area contributed by atoms with Gasteiger partial charge in [-0.3, -0.25) is 4.68 Å². The second-order valence-corrected chi connectivity index (χ2v) is 5.16. The lowest BCUT2D eigenvalue weighted by Crippen LogP contribution is -2.13. The van der Waals surface area contributed by atoms with Crippen LogP contribution in [0.2, 0.25) is 0 Å². The normalized spacial score (nSPS) is 10.8. The Labute approximate surface area is 120 Å². The minimum Gasteiger partial charge on any atom is -0.368 e. The molecule has 0 spiro atoms. The van der Waals surface area contributed by atoms with Crippen molar-refractivity contribution < 1.29 is 0 Å². The molecule has 0 amide bonds. The number of thiophene rings is 1. The number of aromatic nitrogens is 4. The lowest BCUT2D eigenvalue weighted by Gasteiger charge is -2.09. The van der Waals surface area contributed by atoms with Crippen LogP contribution in [0.1, 0.15) is 6.92 Å². The van der Waals surface area contributed by atoms with E-state index in [0.29, 0.717) is 5.95 Å². The van der Waals surface area contributed by atoms with Gasteiger partial charge in [-0.15, -0.1) is 11.3 Å². The standard InChI is InChI=1S/C13H16N6S/c1-2-14-13-17-11(10-4-9-20-12(10)18-13)15-6-8-19-7-3-5-16-19/h3-5,7,9H,2,6,8H2,1H3,(H2,14,15,17,18). The van der Waals surface area contributed by atoms with Crippen molar-refractivity contribution in [2.75, 3.05) is 23.7 Å². The predicted octanol–water partition coefficient (Wildman–Crippen LogP) is 2.43. The number of fused-ring (bicyclic) bond motifs is 1. The Morgan fingerprint density at radius 1 is 1.30 bits per heavy atom. The lowest BCUT2D eigenvalue weighted by atomic mass is 10.4. The molecule has 0 aromatic carbocycles. The summed E-state index contributed by atoms with van der Waals surface area (Å²) in [5.74, 6) is 1.54. The SMILES string of the molecule is CCNc1nc(NCCn2cccn2)c2ccsc2n1. The van der Waals surface area contributed by atoms with E-state index in [1.165, 1.54) is 0 Å². The smallest absolute Gasteiger partial charge is 0.226 e. The highest BCUT2D eigenvalue weighted by atomic mass is 32.1. The maximum atomic E-state index is 4.53. The van der Waals surface area contributed by atoms with Crippen molar-refractivity contribution >= 4 is 33.3 Å². The van der Waals surface area contributed by atoms with Gasteiger partial charge in [0.2, 0.25) is 5.95 Å². The highest BCUT2D eigenvalue weighted by Crippen LogP contribution is 2.26. The molecule has 0 radical (unpaired) electrons. The molecule has 0 bridgehead atoms.